The van der Waals surface area contributed by atoms with Crippen LogP contribution in [-0.2, 0) is 13.0 Å². The number of nitriles is 1. The Morgan fingerprint density at radius 2 is 1.82 bits per heavy atom. The van der Waals surface area contributed by atoms with Gasteiger partial charge in [0.05, 0.1) is 36.6 Å². The second kappa shape index (κ2) is 11.8. The number of hydrazine groups is 1. The molecule has 1 aliphatic carbocycles. The standard InChI is InChI=1S/C24H30F3N5.C2H2/c1-17-8-9-18(12-13-28)22(14-17)32(21-6-4-5-7-21)16-20-11-10-19(15-29-20)30-31-23(2,3)24(25,26)27;1-2/h8-11,14-15,21,30-31H,4-7,12,16H2,1-3H3;1-2H. The van der Waals surface area contributed by atoms with Gasteiger partial charge in [-0.25, -0.2) is 5.43 Å². The smallest absolute Gasteiger partial charge is 0.362 e. The number of rotatable bonds is 8. The number of benzene rings is 1. The van der Waals surface area contributed by atoms with Crippen molar-refractivity contribution in [3.05, 3.63) is 53.3 Å². The summed E-state index contributed by atoms with van der Waals surface area (Å²) in [5.74, 6) is 0. The van der Waals surface area contributed by atoms with Crippen LogP contribution in [0.15, 0.2) is 36.5 Å². The molecule has 34 heavy (non-hydrogen) atoms. The van der Waals surface area contributed by atoms with Gasteiger partial charge >= 0.3 is 6.18 Å². The molecule has 1 fully saturated rings. The van der Waals surface area contributed by atoms with Crippen LogP contribution in [0.4, 0.5) is 24.5 Å². The van der Waals surface area contributed by atoms with Crippen molar-refractivity contribution in [3.63, 3.8) is 0 Å². The summed E-state index contributed by atoms with van der Waals surface area (Å²) in [7, 11) is 0. The van der Waals surface area contributed by atoms with Crippen molar-refractivity contribution in [2.24, 2.45) is 0 Å². The quantitative estimate of drug-likeness (QED) is 0.370. The lowest BCUT2D eigenvalue weighted by Gasteiger charge is -2.33. The molecule has 3 rings (SSSR count). The number of anilines is 2. The molecule has 8 heteroatoms. The molecule has 2 N–H and O–H groups in total. The second-order valence-electron chi connectivity index (χ2n) is 8.94. The van der Waals surface area contributed by atoms with Crippen LogP contribution in [0.2, 0.25) is 0 Å². The Kier molecular flexibility index (Phi) is 9.35. The highest BCUT2D eigenvalue weighted by Gasteiger charge is 2.47. The number of terminal acetylenes is 1. The van der Waals surface area contributed by atoms with Gasteiger partial charge in [0.2, 0.25) is 0 Å². The summed E-state index contributed by atoms with van der Waals surface area (Å²) >= 11 is 0. The van der Waals surface area contributed by atoms with Crippen LogP contribution in [0.3, 0.4) is 0 Å². The maximum absolute atomic E-state index is 13.0. The Morgan fingerprint density at radius 3 is 2.38 bits per heavy atom. The minimum Gasteiger partial charge on any atom is -0.362 e. The molecule has 0 radical (unpaired) electrons. The lowest BCUT2D eigenvalue weighted by molar-refractivity contribution is -0.184. The third-order valence-corrected chi connectivity index (χ3v) is 5.97. The molecule has 2 aromatic rings. The van der Waals surface area contributed by atoms with Crippen LogP contribution in [0.5, 0.6) is 0 Å². The van der Waals surface area contributed by atoms with E-state index in [1.165, 1.54) is 19.0 Å². The van der Waals surface area contributed by atoms with Gasteiger partial charge in [0, 0.05) is 11.7 Å². The van der Waals surface area contributed by atoms with Gasteiger partial charge in [-0.1, -0.05) is 25.0 Å². The molecule has 1 heterocycles. The first-order chi connectivity index (χ1) is 16.1. The number of nitrogens with zero attached hydrogens (tertiary/aromatic N) is 3. The van der Waals surface area contributed by atoms with Crippen LogP contribution in [0, 0.1) is 31.1 Å². The summed E-state index contributed by atoms with van der Waals surface area (Å²) in [6, 6.07) is 12.4. The van der Waals surface area contributed by atoms with Crippen molar-refractivity contribution >= 4 is 11.4 Å². The minimum atomic E-state index is -4.38. The average Bonchev–Trinajstić information content (AvgIpc) is 3.34. The average molecular weight is 472 g/mol. The van der Waals surface area contributed by atoms with Gasteiger partial charge in [-0.05, 0) is 62.9 Å². The molecule has 182 valence electrons. The highest BCUT2D eigenvalue weighted by Crippen LogP contribution is 2.33. The van der Waals surface area contributed by atoms with Crippen molar-refractivity contribution in [2.45, 2.75) is 77.2 Å². The van der Waals surface area contributed by atoms with Crippen LogP contribution in [-0.4, -0.2) is 22.7 Å². The number of hydrogen-bond donors (Lipinski definition) is 2. The second-order valence-corrected chi connectivity index (χ2v) is 8.94. The highest BCUT2D eigenvalue weighted by atomic mass is 19.4. The van der Waals surface area contributed by atoms with Gasteiger partial charge in [-0.2, -0.15) is 18.4 Å². The van der Waals surface area contributed by atoms with E-state index in [2.05, 4.69) is 45.7 Å². The first-order valence-electron chi connectivity index (χ1n) is 11.2. The van der Waals surface area contributed by atoms with E-state index in [-0.39, 0.29) is 0 Å². The molecule has 0 atom stereocenters. The van der Waals surface area contributed by atoms with E-state index in [9.17, 15) is 18.4 Å². The molecule has 1 aromatic carbocycles. The Labute approximate surface area is 200 Å². The number of hydrogen-bond acceptors (Lipinski definition) is 5. The van der Waals surface area contributed by atoms with Gasteiger partial charge in [0.25, 0.3) is 0 Å². The molecular formula is C26H32F3N5. The molecule has 0 spiro atoms. The number of pyridine rings is 1. The molecule has 1 aliphatic rings. The summed E-state index contributed by atoms with van der Waals surface area (Å²) in [6.07, 6.45) is 10.0. The van der Waals surface area contributed by atoms with Crippen LogP contribution >= 0.6 is 0 Å². The zero-order chi connectivity index (χ0) is 25.4. The summed E-state index contributed by atoms with van der Waals surface area (Å²) in [5, 5.41) is 9.27. The largest absolute Gasteiger partial charge is 0.407 e. The molecule has 0 aliphatic heterocycles. The maximum atomic E-state index is 13.0. The molecule has 0 unspecified atom stereocenters. The number of halogens is 3. The van der Waals surface area contributed by atoms with E-state index in [0.29, 0.717) is 24.7 Å². The number of alkyl halides is 3. The van der Waals surface area contributed by atoms with Gasteiger partial charge in [0.15, 0.2) is 0 Å². The van der Waals surface area contributed by atoms with E-state index in [4.69, 9.17) is 0 Å². The Morgan fingerprint density at radius 1 is 1.15 bits per heavy atom. The zero-order valence-corrected chi connectivity index (χ0v) is 19.9. The molecule has 1 aromatic heterocycles. The molecule has 1 saturated carbocycles. The molecule has 0 amide bonds. The summed E-state index contributed by atoms with van der Waals surface area (Å²) < 4.78 is 39.1. The third kappa shape index (κ3) is 6.88. The van der Waals surface area contributed by atoms with E-state index in [1.54, 1.807) is 6.07 Å². The van der Waals surface area contributed by atoms with Gasteiger partial charge in [0.1, 0.15) is 5.54 Å². The summed E-state index contributed by atoms with van der Waals surface area (Å²) in [6.45, 7) is 4.76. The predicted octanol–water partition coefficient (Wildman–Crippen LogP) is 5.91. The van der Waals surface area contributed by atoms with Crippen molar-refractivity contribution in [3.8, 4) is 18.9 Å². The van der Waals surface area contributed by atoms with Crippen molar-refractivity contribution < 1.29 is 13.2 Å². The topological polar surface area (TPSA) is 64.0 Å². The van der Waals surface area contributed by atoms with Crippen molar-refractivity contribution in [1.82, 2.24) is 10.4 Å². The molecular weight excluding hydrogens is 439 g/mol. The normalized spacial score (nSPS) is 14.1. The van der Waals surface area contributed by atoms with Gasteiger partial charge < -0.3 is 10.3 Å². The predicted molar refractivity (Wildman–Crippen MR) is 130 cm³/mol. The van der Waals surface area contributed by atoms with Crippen molar-refractivity contribution in [1.29, 1.82) is 5.26 Å². The molecule has 5 nitrogen and oxygen atoms in total. The number of aryl methyl sites for hydroxylation is 1. The van der Waals surface area contributed by atoms with Crippen LogP contribution in [0.1, 0.15) is 56.4 Å². The lowest BCUT2D eigenvalue weighted by Crippen LogP contribution is -2.54. The fraction of sp³-hybridized carbons (Fsp3) is 0.462. The maximum Gasteiger partial charge on any atom is 0.407 e. The SMILES string of the molecule is C#C.Cc1ccc(CC#N)c(N(Cc2ccc(NNC(C)(C)C(F)(F)F)cn2)C2CCCC2)c1. The highest BCUT2D eigenvalue weighted by molar-refractivity contribution is 5.57. The Balaban J connectivity index is 0.00000199. The van der Waals surface area contributed by atoms with Crippen LogP contribution < -0.4 is 15.8 Å². The van der Waals surface area contributed by atoms with Crippen LogP contribution in [0.25, 0.3) is 0 Å². The van der Waals surface area contributed by atoms with E-state index >= 15 is 0 Å². The summed E-state index contributed by atoms with van der Waals surface area (Å²) in [4.78, 5) is 6.83. The molecule has 0 saturated heterocycles. The first kappa shape index (κ1) is 27.0. The lowest BCUT2D eigenvalue weighted by atomic mass is 10.0. The zero-order valence-electron chi connectivity index (χ0n) is 19.9. The Bertz CT molecular complexity index is 984. The molecule has 0 bridgehead atoms. The minimum absolute atomic E-state index is 0.343. The summed E-state index contributed by atoms with van der Waals surface area (Å²) in [5.41, 5.74) is 7.33. The number of aromatic nitrogens is 1. The fourth-order valence-electron chi connectivity index (χ4n) is 3.87. The van der Waals surface area contributed by atoms with Gasteiger partial charge in [-0.15, -0.1) is 12.8 Å². The first-order valence-corrected chi connectivity index (χ1v) is 11.2. The van der Waals surface area contributed by atoms with E-state index < -0.39 is 11.7 Å². The van der Waals surface area contributed by atoms with E-state index in [0.717, 1.165) is 49.2 Å². The van der Waals surface area contributed by atoms with Crippen molar-refractivity contribution in [2.75, 3.05) is 10.3 Å². The number of nitrogens with one attached hydrogen (secondary N) is 2. The Hall–Kier alpha value is -3.23. The monoisotopic (exact) mass is 471 g/mol. The third-order valence-electron chi connectivity index (χ3n) is 5.97. The van der Waals surface area contributed by atoms with Gasteiger partial charge in [-0.3, -0.25) is 4.98 Å². The fourth-order valence-corrected chi connectivity index (χ4v) is 3.87. The van der Waals surface area contributed by atoms with E-state index in [1.807, 2.05) is 25.1 Å².